The first-order chi connectivity index (χ1) is 13.3. The van der Waals surface area contributed by atoms with Crippen LogP contribution in [0.15, 0.2) is 30.5 Å². The van der Waals surface area contributed by atoms with Crippen LogP contribution in [0.4, 0.5) is 23.2 Å². The van der Waals surface area contributed by atoms with Gasteiger partial charge in [-0.15, -0.1) is 0 Å². The van der Waals surface area contributed by atoms with E-state index in [1.54, 1.807) is 17.0 Å². The monoisotopic (exact) mass is 394 g/mol. The van der Waals surface area contributed by atoms with Gasteiger partial charge < -0.3 is 10.0 Å². The van der Waals surface area contributed by atoms with E-state index >= 15 is 0 Å². The minimum absolute atomic E-state index is 0.228. The molecule has 3 rings (SSSR count). The van der Waals surface area contributed by atoms with Crippen molar-refractivity contribution in [3.8, 4) is 6.07 Å². The highest BCUT2D eigenvalue weighted by Crippen LogP contribution is 2.33. The molecule has 0 radical (unpaired) electrons. The highest BCUT2D eigenvalue weighted by atomic mass is 19.4. The molecule has 9 heteroatoms. The summed E-state index contributed by atoms with van der Waals surface area (Å²) >= 11 is 0. The number of rotatable bonds is 4. The SMILES string of the molecule is N#Cc1ncc(N2CCN(Cc3ccc(CO)cc3F)CC2)cc1C(F)(F)F. The first kappa shape index (κ1) is 20.0. The third kappa shape index (κ3) is 4.40. The van der Waals surface area contributed by atoms with Crippen molar-refractivity contribution in [2.45, 2.75) is 19.3 Å². The molecule has 148 valence electrons. The number of aliphatic hydroxyl groups is 1. The quantitative estimate of drug-likeness (QED) is 0.808. The van der Waals surface area contributed by atoms with Crippen molar-refractivity contribution in [2.75, 3.05) is 31.1 Å². The molecule has 0 amide bonds. The molecular weight excluding hydrogens is 376 g/mol. The molecule has 1 fully saturated rings. The smallest absolute Gasteiger partial charge is 0.392 e. The lowest BCUT2D eigenvalue weighted by atomic mass is 10.1. The van der Waals surface area contributed by atoms with Gasteiger partial charge in [0.15, 0.2) is 5.69 Å². The van der Waals surface area contributed by atoms with E-state index in [9.17, 15) is 17.6 Å². The van der Waals surface area contributed by atoms with Crippen molar-refractivity contribution < 1.29 is 22.7 Å². The zero-order valence-electron chi connectivity index (χ0n) is 14.9. The van der Waals surface area contributed by atoms with Crippen molar-refractivity contribution in [1.82, 2.24) is 9.88 Å². The second-order valence-corrected chi connectivity index (χ2v) is 6.55. The average molecular weight is 394 g/mol. The second kappa shape index (κ2) is 8.12. The van der Waals surface area contributed by atoms with Crippen LogP contribution in [0.1, 0.15) is 22.4 Å². The van der Waals surface area contributed by atoms with Crippen LogP contribution >= 0.6 is 0 Å². The first-order valence-electron chi connectivity index (χ1n) is 8.64. The van der Waals surface area contributed by atoms with Gasteiger partial charge in [0, 0.05) is 38.3 Å². The standard InChI is InChI=1S/C19H18F4N4O/c20-17-7-13(12-28)1-2-14(17)11-26-3-5-27(6-4-26)15-8-16(19(21,22)23)18(9-24)25-10-15/h1-2,7-8,10,28H,3-6,11-12H2. The van der Waals surface area contributed by atoms with Crippen LogP contribution in [0.3, 0.4) is 0 Å². The molecular formula is C19H18F4N4O. The number of halogens is 4. The summed E-state index contributed by atoms with van der Waals surface area (Å²) in [5.74, 6) is -0.389. The van der Waals surface area contributed by atoms with Gasteiger partial charge in [-0.25, -0.2) is 9.37 Å². The molecule has 2 heterocycles. The van der Waals surface area contributed by atoms with Gasteiger partial charge in [0.25, 0.3) is 0 Å². The molecule has 1 saturated heterocycles. The van der Waals surface area contributed by atoms with Gasteiger partial charge in [0.2, 0.25) is 0 Å². The van der Waals surface area contributed by atoms with E-state index in [1.165, 1.54) is 18.3 Å². The van der Waals surface area contributed by atoms with Crippen LogP contribution in [-0.2, 0) is 19.3 Å². The number of aliphatic hydroxyl groups excluding tert-OH is 1. The maximum Gasteiger partial charge on any atom is 0.419 e. The number of anilines is 1. The highest BCUT2D eigenvalue weighted by molar-refractivity contribution is 5.51. The molecule has 5 nitrogen and oxygen atoms in total. The summed E-state index contributed by atoms with van der Waals surface area (Å²) in [6.07, 6.45) is -3.37. The van der Waals surface area contributed by atoms with E-state index < -0.39 is 17.4 Å². The molecule has 1 aromatic carbocycles. The summed E-state index contributed by atoms with van der Waals surface area (Å²) < 4.78 is 53.4. The fraction of sp³-hybridized carbons (Fsp3) is 0.368. The zero-order chi connectivity index (χ0) is 20.3. The molecule has 28 heavy (non-hydrogen) atoms. The molecule has 0 bridgehead atoms. The number of nitrogens with zero attached hydrogens (tertiary/aromatic N) is 4. The number of aromatic nitrogens is 1. The number of alkyl halides is 3. The molecule has 0 spiro atoms. The largest absolute Gasteiger partial charge is 0.419 e. The fourth-order valence-electron chi connectivity index (χ4n) is 3.15. The Kier molecular flexibility index (Phi) is 5.82. The van der Waals surface area contributed by atoms with Gasteiger partial charge in [0.1, 0.15) is 11.9 Å². The van der Waals surface area contributed by atoms with E-state index in [-0.39, 0.29) is 12.4 Å². The maximum atomic E-state index is 14.1. The van der Waals surface area contributed by atoms with E-state index in [0.717, 1.165) is 6.07 Å². The maximum absolute atomic E-state index is 14.1. The topological polar surface area (TPSA) is 63.4 Å². The molecule has 1 aliphatic rings. The Labute approximate surface area is 159 Å². The summed E-state index contributed by atoms with van der Waals surface area (Å²) in [6.45, 7) is 2.16. The van der Waals surface area contributed by atoms with Gasteiger partial charge >= 0.3 is 6.18 Å². The van der Waals surface area contributed by atoms with Gasteiger partial charge in [-0.3, -0.25) is 4.90 Å². The molecule has 0 saturated carbocycles. The van der Waals surface area contributed by atoms with Crippen LogP contribution in [0.2, 0.25) is 0 Å². The molecule has 0 atom stereocenters. The summed E-state index contributed by atoms with van der Waals surface area (Å²) in [4.78, 5) is 7.43. The number of nitriles is 1. The van der Waals surface area contributed by atoms with Crippen molar-refractivity contribution in [3.63, 3.8) is 0 Å². The van der Waals surface area contributed by atoms with E-state index in [2.05, 4.69) is 4.98 Å². The Balaban J connectivity index is 1.67. The second-order valence-electron chi connectivity index (χ2n) is 6.55. The van der Waals surface area contributed by atoms with Crippen LogP contribution in [-0.4, -0.2) is 41.2 Å². The Morgan fingerprint density at radius 2 is 1.86 bits per heavy atom. The predicted molar refractivity (Wildman–Crippen MR) is 93.8 cm³/mol. The van der Waals surface area contributed by atoms with Crippen molar-refractivity contribution >= 4 is 5.69 Å². The number of piperazine rings is 1. The van der Waals surface area contributed by atoms with Gasteiger partial charge in [-0.05, 0) is 17.7 Å². The minimum Gasteiger partial charge on any atom is -0.392 e. The Morgan fingerprint density at radius 3 is 2.43 bits per heavy atom. The van der Waals surface area contributed by atoms with E-state index in [4.69, 9.17) is 10.4 Å². The third-order valence-corrected chi connectivity index (χ3v) is 4.72. The third-order valence-electron chi connectivity index (χ3n) is 4.72. The normalized spacial score (nSPS) is 15.5. The fourth-order valence-corrected chi connectivity index (χ4v) is 3.15. The Hall–Kier alpha value is -2.70. The van der Waals surface area contributed by atoms with Crippen LogP contribution in [0.5, 0.6) is 0 Å². The highest BCUT2D eigenvalue weighted by Gasteiger charge is 2.35. The Morgan fingerprint density at radius 1 is 1.14 bits per heavy atom. The zero-order valence-corrected chi connectivity index (χ0v) is 14.9. The molecule has 0 aliphatic carbocycles. The van der Waals surface area contributed by atoms with Crippen molar-refractivity contribution in [1.29, 1.82) is 5.26 Å². The number of hydrogen-bond acceptors (Lipinski definition) is 5. The first-order valence-corrected chi connectivity index (χ1v) is 8.64. The molecule has 1 N–H and O–H groups in total. The summed E-state index contributed by atoms with van der Waals surface area (Å²) in [6, 6.07) is 7.02. The Bertz CT molecular complexity index is 886. The molecule has 1 aliphatic heterocycles. The lowest BCUT2D eigenvalue weighted by Gasteiger charge is -2.36. The molecule has 2 aromatic rings. The van der Waals surface area contributed by atoms with Gasteiger partial charge in [0.05, 0.1) is 24.1 Å². The van der Waals surface area contributed by atoms with Crippen LogP contribution in [0, 0.1) is 17.1 Å². The summed E-state index contributed by atoms with van der Waals surface area (Å²) in [7, 11) is 0. The number of pyridine rings is 1. The lowest BCUT2D eigenvalue weighted by Crippen LogP contribution is -2.46. The summed E-state index contributed by atoms with van der Waals surface area (Å²) in [5.41, 5.74) is -0.369. The van der Waals surface area contributed by atoms with E-state index in [0.29, 0.717) is 49.5 Å². The van der Waals surface area contributed by atoms with Crippen LogP contribution in [0.25, 0.3) is 0 Å². The number of hydrogen-bond donors (Lipinski definition) is 1. The van der Waals surface area contributed by atoms with Crippen LogP contribution < -0.4 is 4.90 Å². The van der Waals surface area contributed by atoms with Gasteiger partial charge in [-0.1, -0.05) is 12.1 Å². The van der Waals surface area contributed by atoms with E-state index in [1.807, 2.05) is 4.90 Å². The molecule has 0 unspecified atom stereocenters. The predicted octanol–water partition coefficient (Wildman–Crippen LogP) is 2.93. The van der Waals surface area contributed by atoms with Crippen molar-refractivity contribution in [2.24, 2.45) is 0 Å². The minimum atomic E-state index is -4.64. The lowest BCUT2D eigenvalue weighted by molar-refractivity contribution is -0.138. The average Bonchev–Trinajstić information content (AvgIpc) is 2.69. The summed E-state index contributed by atoms with van der Waals surface area (Å²) in [5, 5.41) is 17.9. The number of benzene rings is 1. The van der Waals surface area contributed by atoms with Crippen molar-refractivity contribution in [3.05, 3.63) is 58.7 Å². The van der Waals surface area contributed by atoms with Gasteiger partial charge in [-0.2, -0.15) is 18.4 Å². The molecule has 1 aromatic heterocycles.